The summed E-state index contributed by atoms with van der Waals surface area (Å²) >= 11 is 3.64. The number of hydrogen-bond donors (Lipinski definition) is 0. The Bertz CT molecular complexity index is 7390. The summed E-state index contributed by atoms with van der Waals surface area (Å²) < 4.78 is 4.98. The molecule has 0 atom stereocenters. The molecule has 0 aliphatic heterocycles. The summed E-state index contributed by atoms with van der Waals surface area (Å²) in [4.78, 5) is 31.4. The van der Waals surface area contributed by atoms with Gasteiger partial charge in [0.05, 0.1) is 54.6 Å². The molecule has 0 aliphatic rings. The molecule has 0 spiro atoms. The van der Waals surface area contributed by atoms with E-state index in [0.29, 0.717) is 11.6 Å². The van der Waals surface area contributed by atoms with Gasteiger partial charge in [0.25, 0.3) is 0 Å². The summed E-state index contributed by atoms with van der Waals surface area (Å²) in [6, 6.07) is 150. The first-order valence-electron chi connectivity index (χ1n) is 39.7. The number of pyridine rings is 2. The van der Waals surface area contributed by atoms with Gasteiger partial charge in [-0.2, -0.15) is 0 Å². The maximum Gasteiger partial charge on any atom is 0.160 e. The average Bonchev–Trinajstić information content (AvgIpc) is 1.57. The predicted octanol–water partition coefficient (Wildman–Crippen LogP) is 30.1. The molecule has 6 heterocycles. The topological polar surface area (TPSA) is 77.3 Å². The van der Waals surface area contributed by atoms with Crippen molar-refractivity contribution >= 4 is 84.8 Å². The number of fused-ring (bicyclic) bond motifs is 10. The van der Waals surface area contributed by atoms with Crippen molar-refractivity contribution in [3.63, 3.8) is 0 Å². The van der Waals surface area contributed by atoms with Gasteiger partial charge < -0.3 is 0 Å². The molecule has 0 radical (unpaired) electrons. The monoisotopic (exact) mass is 1540 g/mol. The standard InChI is InChI=1S/2C55H35N3S/c1-4-14-36(15-5-1)37-26-28-39(29-27-37)49-35-48(38-16-6-2-7-17-38)57-55(58-49)45-23-13-22-43(33-45)41-20-12-21-42(32-41)44-30-31-46-50(34-44)56-53(40-18-8-3-9-19-40)54-52(46)47-24-10-11-25-51(47)59-54;1-4-13-36(14-5-1)38-23-27-40(28-24-38)49-35-50(41-29-25-39(26-30-41)37-15-6-2-7-16-37)58-55(57-49)45-20-12-19-43(33-45)44-31-32-48-47(34-44)52-46-21-10-11-22-51(46)59-54(52)53(56-48)42-17-8-3-9-18-42/h2*1-35H. The van der Waals surface area contributed by atoms with E-state index < -0.39 is 0 Å². The van der Waals surface area contributed by atoms with Gasteiger partial charge in [-0.3, -0.25) is 0 Å². The van der Waals surface area contributed by atoms with Crippen LogP contribution in [0.15, 0.2) is 425 Å². The summed E-state index contributed by atoms with van der Waals surface area (Å²) in [6.45, 7) is 0. The van der Waals surface area contributed by atoms with Gasteiger partial charge in [0.1, 0.15) is 0 Å². The Kier molecular flexibility index (Phi) is 18.6. The molecule has 0 bridgehead atoms. The number of thiophene rings is 2. The highest BCUT2D eigenvalue weighted by Crippen LogP contribution is 2.47. The lowest BCUT2D eigenvalue weighted by molar-refractivity contribution is 1.18. The van der Waals surface area contributed by atoms with Crippen LogP contribution in [0.1, 0.15) is 0 Å². The Balaban J connectivity index is 0.000000147. The van der Waals surface area contributed by atoms with Gasteiger partial charge in [-0.15, -0.1) is 22.7 Å². The second-order valence-electron chi connectivity index (χ2n) is 29.6. The zero-order valence-corrected chi connectivity index (χ0v) is 65.5. The van der Waals surface area contributed by atoms with E-state index in [4.69, 9.17) is 29.9 Å². The fourth-order valence-electron chi connectivity index (χ4n) is 16.2. The number of hydrogen-bond acceptors (Lipinski definition) is 8. The van der Waals surface area contributed by atoms with Crippen LogP contribution in [0.4, 0.5) is 0 Å². The van der Waals surface area contributed by atoms with Gasteiger partial charge in [0, 0.05) is 86.2 Å². The Labute approximate surface area is 691 Å². The van der Waals surface area contributed by atoms with Crippen molar-refractivity contribution in [2.24, 2.45) is 0 Å². The van der Waals surface area contributed by atoms with Gasteiger partial charge >= 0.3 is 0 Å². The molecule has 552 valence electrons. The highest BCUT2D eigenvalue weighted by atomic mass is 32.1. The quantitative estimate of drug-likeness (QED) is 0.108. The first-order chi connectivity index (χ1) is 58.4. The highest BCUT2D eigenvalue weighted by molar-refractivity contribution is 7.27. The molecule has 22 rings (SSSR count). The lowest BCUT2D eigenvalue weighted by atomic mass is 9.96. The van der Waals surface area contributed by atoms with E-state index in [0.717, 1.165) is 128 Å². The van der Waals surface area contributed by atoms with E-state index in [1.807, 2.05) is 46.9 Å². The summed E-state index contributed by atoms with van der Waals surface area (Å²) in [5, 5.41) is 7.39. The van der Waals surface area contributed by atoms with Gasteiger partial charge in [-0.25, -0.2) is 29.9 Å². The lowest BCUT2D eigenvalue weighted by Crippen LogP contribution is -1.96. The molecule has 6 aromatic heterocycles. The molecule has 0 amide bonds. The Morgan fingerprint density at radius 1 is 0.153 bits per heavy atom. The number of aromatic nitrogens is 6. The maximum absolute atomic E-state index is 5.35. The fourth-order valence-corrected chi connectivity index (χ4v) is 18.7. The first kappa shape index (κ1) is 70.8. The van der Waals surface area contributed by atoms with Crippen molar-refractivity contribution < 1.29 is 0 Å². The molecule has 0 unspecified atom stereocenters. The number of benzene rings is 16. The van der Waals surface area contributed by atoms with Crippen LogP contribution in [0.3, 0.4) is 0 Å². The zero-order valence-electron chi connectivity index (χ0n) is 63.9. The van der Waals surface area contributed by atoms with Crippen molar-refractivity contribution in [3.8, 4) is 157 Å². The van der Waals surface area contributed by atoms with Crippen molar-refractivity contribution in [2.45, 2.75) is 0 Å². The largest absolute Gasteiger partial charge is 0.246 e. The van der Waals surface area contributed by atoms with E-state index in [2.05, 4.69) is 400 Å². The smallest absolute Gasteiger partial charge is 0.160 e. The molecule has 22 aromatic rings. The predicted molar refractivity (Wildman–Crippen MR) is 497 cm³/mol. The molecular weight excluding hydrogens is 1470 g/mol. The lowest BCUT2D eigenvalue weighted by Gasteiger charge is -2.12. The summed E-state index contributed by atoms with van der Waals surface area (Å²) in [5.74, 6) is 1.37. The van der Waals surface area contributed by atoms with Crippen molar-refractivity contribution in [1.29, 1.82) is 0 Å². The van der Waals surface area contributed by atoms with Gasteiger partial charge in [-0.1, -0.05) is 364 Å². The maximum atomic E-state index is 5.35. The van der Waals surface area contributed by atoms with Crippen molar-refractivity contribution in [1.82, 2.24) is 29.9 Å². The van der Waals surface area contributed by atoms with Crippen LogP contribution in [0.5, 0.6) is 0 Å². The third-order valence-electron chi connectivity index (χ3n) is 22.2. The van der Waals surface area contributed by atoms with Crippen LogP contribution in [0.25, 0.3) is 219 Å². The van der Waals surface area contributed by atoms with Gasteiger partial charge in [0.2, 0.25) is 0 Å². The second-order valence-corrected chi connectivity index (χ2v) is 31.7. The minimum absolute atomic E-state index is 0.680. The number of nitrogens with zero attached hydrogens (tertiary/aromatic N) is 6. The summed E-state index contributed by atoms with van der Waals surface area (Å²) in [5.41, 5.74) is 29.7. The van der Waals surface area contributed by atoms with Crippen LogP contribution in [0, 0.1) is 0 Å². The Morgan fingerprint density at radius 3 is 0.831 bits per heavy atom. The fraction of sp³-hybridized carbons (Fsp3) is 0. The average molecular weight is 1540 g/mol. The first-order valence-corrected chi connectivity index (χ1v) is 41.3. The van der Waals surface area contributed by atoms with E-state index >= 15 is 0 Å². The van der Waals surface area contributed by atoms with E-state index in [9.17, 15) is 0 Å². The van der Waals surface area contributed by atoms with Crippen LogP contribution >= 0.6 is 22.7 Å². The SMILES string of the molecule is c1ccc(-c2ccc(-c3cc(-c4ccc(-c5ccccc5)cc4)nc(-c4cccc(-c5ccc6nc(-c7ccccc7)c7sc8ccccc8c7c6c5)c4)n3)cc2)cc1.c1ccc(-c2ccc(-c3cc(-c4ccccc4)nc(-c4cccc(-c5cccc(-c6ccc7c(c6)nc(-c6ccccc6)c6sc8ccccc8c67)c5)c4)n3)cc2)cc1. The molecule has 6 nitrogen and oxygen atoms in total. The molecule has 0 N–H and O–H groups in total. The molecule has 0 saturated carbocycles. The van der Waals surface area contributed by atoms with Gasteiger partial charge in [-0.05, 0) is 127 Å². The van der Waals surface area contributed by atoms with Crippen LogP contribution in [-0.4, -0.2) is 29.9 Å². The Morgan fingerprint density at radius 2 is 0.424 bits per heavy atom. The van der Waals surface area contributed by atoms with Crippen molar-refractivity contribution in [2.75, 3.05) is 0 Å². The third-order valence-corrected chi connectivity index (χ3v) is 24.6. The summed E-state index contributed by atoms with van der Waals surface area (Å²) in [7, 11) is 0. The third kappa shape index (κ3) is 13.9. The van der Waals surface area contributed by atoms with Crippen LogP contribution in [0.2, 0.25) is 0 Å². The zero-order chi connectivity index (χ0) is 78.2. The molecule has 8 heteroatoms. The molecule has 0 fully saturated rings. The molecule has 0 saturated heterocycles. The number of rotatable bonds is 14. The van der Waals surface area contributed by atoms with E-state index in [1.165, 1.54) is 79.1 Å². The van der Waals surface area contributed by atoms with Gasteiger partial charge in [0.15, 0.2) is 11.6 Å². The molecule has 16 aromatic carbocycles. The minimum Gasteiger partial charge on any atom is -0.246 e. The van der Waals surface area contributed by atoms with Crippen molar-refractivity contribution in [3.05, 3.63) is 425 Å². The molecular formula is C110H70N6S2. The minimum atomic E-state index is 0.680. The summed E-state index contributed by atoms with van der Waals surface area (Å²) in [6.07, 6.45) is 0. The van der Waals surface area contributed by atoms with Crippen LogP contribution in [-0.2, 0) is 0 Å². The van der Waals surface area contributed by atoms with E-state index in [1.54, 1.807) is 0 Å². The Hall–Kier alpha value is -15.1. The highest BCUT2D eigenvalue weighted by Gasteiger charge is 2.22. The molecule has 118 heavy (non-hydrogen) atoms. The molecule has 0 aliphatic carbocycles. The van der Waals surface area contributed by atoms with Crippen LogP contribution < -0.4 is 0 Å². The second kappa shape index (κ2) is 31.0. The van der Waals surface area contributed by atoms with E-state index in [-0.39, 0.29) is 0 Å². The normalized spacial score (nSPS) is 11.4.